The first-order chi connectivity index (χ1) is 7.11. The maximum Gasteiger partial charge on any atom is 0.144 e. The third-order valence-electron chi connectivity index (χ3n) is 1.91. The first kappa shape index (κ1) is 12.0. The second-order valence-electron chi connectivity index (χ2n) is 2.78. The van der Waals surface area contributed by atoms with Gasteiger partial charge in [-0.25, -0.2) is 0 Å². The Labute approximate surface area is 98.6 Å². The molecule has 0 saturated heterocycles. The third kappa shape index (κ3) is 2.49. The van der Waals surface area contributed by atoms with Gasteiger partial charge in [-0.05, 0) is 6.07 Å². The quantitative estimate of drug-likeness (QED) is 0.630. The molecule has 2 N–H and O–H groups in total. The van der Waals surface area contributed by atoms with Crippen LogP contribution in [0.3, 0.4) is 0 Å². The van der Waals surface area contributed by atoms with Crippen LogP contribution in [-0.2, 0) is 0 Å². The zero-order chi connectivity index (χ0) is 11.4. The first-order valence-corrected chi connectivity index (χ1v) is 5.01. The van der Waals surface area contributed by atoms with Gasteiger partial charge in [0.25, 0.3) is 0 Å². The van der Waals surface area contributed by atoms with Crippen molar-refractivity contribution in [1.29, 1.82) is 0 Å². The number of hydrogen-bond acceptors (Lipinski definition) is 2. The van der Waals surface area contributed by atoms with Gasteiger partial charge in [-0.1, -0.05) is 35.3 Å². The van der Waals surface area contributed by atoms with E-state index in [1.807, 2.05) is 0 Å². The Hall–Kier alpha value is -1.06. The van der Waals surface area contributed by atoms with Crippen molar-refractivity contribution in [2.24, 2.45) is 15.7 Å². The highest BCUT2D eigenvalue weighted by Gasteiger charge is 2.12. The van der Waals surface area contributed by atoms with Crippen LogP contribution < -0.4 is 5.73 Å². The van der Waals surface area contributed by atoms with E-state index in [4.69, 9.17) is 28.9 Å². The van der Waals surface area contributed by atoms with Gasteiger partial charge in [0.2, 0.25) is 0 Å². The lowest BCUT2D eigenvalue weighted by atomic mass is 10.1. The summed E-state index contributed by atoms with van der Waals surface area (Å²) in [5, 5.41) is 0.908. The van der Waals surface area contributed by atoms with Crippen molar-refractivity contribution < 1.29 is 0 Å². The molecule has 0 bridgehead atoms. The van der Waals surface area contributed by atoms with Crippen LogP contribution in [0.25, 0.3) is 0 Å². The molecule has 1 aromatic rings. The van der Waals surface area contributed by atoms with Gasteiger partial charge >= 0.3 is 0 Å². The van der Waals surface area contributed by atoms with Crippen LogP contribution in [0, 0.1) is 0 Å². The van der Waals surface area contributed by atoms with Crippen LogP contribution in [-0.4, -0.2) is 25.6 Å². The van der Waals surface area contributed by atoms with E-state index in [2.05, 4.69) is 9.98 Å². The summed E-state index contributed by atoms with van der Waals surface area (Å²) in [6.45, 7) is 0. The highest BCUT2D eigenvalue weighted by atomic mass is 35.5. The summed E-state index contributed by atoms with van der Waals surface area (Å²) >= 11 is 11.9. The lowest BCUT2D eigenvalue weighted by Gasteiger charge is -2.07. The molecule has 0 atom stereocenters. The van der Waals surface area contributed by atoms with Crippen molar-refractivity contribution in [1.82, 2.24) is 0 Å². The van der Waals surface area contributed by atoms with Crippen LogP contribution in [0.5, 0.6) is 0 Å². The highest BCUT2D eigenvalue weighted by Crippen LogP contribution is 2.26. The molecule has 1 rings (SSSR count). The summed E-state index contributed by atoms with van der Waals surface area (Å²) in [7, 11) is 3.23. The average molecular weight is 244 g/mol. The van der Waals surface area contributed by atoms with Crippen LogP contribution in [0.15, 0.2) is 28.2 Å². The number of aliphatic imine (C=N–C) groups is 2. The highest BCUT2D eigenvalue weighted by molar-refractivity contribution is 6.52. The largest absolute Gasteiger partial charge is 0.382 e. The number of halogens is 2. The lowest BCUT2D eigenvalue weighted by Crippen LogP contribution is -2.25. The van der Waals surface area contributed by atoms with Gasteiger partial charge in [-0.3, -0.25) is 9.98 Å². The fourth-order valence-corrected chi connectivity index (χ4v) is 1.56. The Morgan fingerprint density at radius 1 is 1.20 bits per heavy atom. The van der Waals surface area contributed by atoms with Gasteiger partial charge in [0.15, 0.2) is 0 Å². The summed E-state index contributed by atoms with van der Waals surface area (Å²) in [6.07, 6.45) is 0. The summed E-state index contributed by atoms with van der Waals surface area (Å²) in [5.41, 5.74) is 6.93. The minimum atomic E-state index is 0.335. The SMILES string of the molecule is CN=C(N)C(=NC)c1cccc(Cl)c1Cl. The van der Waals surface area contributed by atoms with Crippen molar-refractivity contribution in [2.45, 2.75) is 0 Å². The predicted molar refractivity (Wildman–Crippen MR) is 66.5 cm³/mol. The van der Waals surface area contributed by atoms with E-state index in [0.717, 1.165) is 0 Å². The maximum absolute atomic E-state index is 6.04. The predicted octanol–water partition coefficient (Wildman–Crippen LogP) is 2.40. The molecule has 0 spiro atoms. The molecule has 0 aliphatic heterocycles. The second kappa shape index (κ2) is 5.14. The van der Waals surface area contributed by atoms with Crippen molar-refractivity contribution in [3.05, 3.63) is 33.8 Å². The van der Waals surface area contributed by atoms with E-state index in [-0.39, 0.29) is 0 Å². The van der Waals surface area contributed by atoms with Gasteiger partial charge in [0.05, 0.1) is 10.0 Å². The molecule has 15 heavy (non-hydrogen) atoms. The average Bonchev–Trinajstić information content (AvgIpc) is 2.24. The smallest absolute Gasteiger partial charge is 0.144 e. The summed E-state index contributed by atoms with van der Waals surface area (Å²) in [6, 6.07) is 5.30. The van der Waals surface area contributed by atoms with E-state index in [1.54, 1.807) is 32.3 Å². The molecular weight excluding hydrogens is 233 g/mol. The van der Waals surface area contributed by atoms with Crippen molar-refractivity contribution in [3.8, 4) is 0 Å². The van der Waals surface area contributed by atoms with E-state index < -0.39 is 0 Å². The molecule has 0 aromatic heterocycles. The number of nitrogens with two attached hydrogens (primary N) is 1. The fourth-order valence-electron chi connectivity index (χ4n) is 1.17. The number of amidine groups is 1. The molecule has 1 aromatic carbocycles. The number of hydrogen-bond donors (Lipinski definition) is 1. The standard InChI is InChI=1S/C10H11Cl2N3/c1-14-9(10(13)15-2)6-4-3-5-7(11)8(6)12/h3-5H,1-2H3,(H2,13,15). The Morgan fingerprint density at radius 3 is 2.40 bits per heavy atom. The topological polar surface area (TPSA) is 50.7 Å². The first-order valence-electron chi connectivity index (χ1n) is 4.25. The Bertz CT molecular complexity index is 425. The zero-order valence-corrected chi connectivity index (χ0v) is 9.97. The maximum atomic E-state index is 6.04. The van der Waals surface area contributed by atoms with Gasteiger partial charge in [-0.15, -0.1) is 0 Å². The molecule has 0 radical (unpaired) electrons. The summed E-state index contributed by atoms with van der Waals surface area (Å²) in [4.78, 5) is 7.92. The summed E-state index contributed by atoms with van der Waals surface area (Å²) in [5.74, 6) is 0.335. The van der Waals surface area contributed by atoms with Crippen molar-refractivity contribution >= 4 is 34.7 Å². The van der Waals surface area contributed by atoms with E-state index in [1.165, 1.54) is 0 Å². The molecule has 3 nitrogen and oxygen atoms in total. The molecule has 80 valence electrons. The van der Waals surface area contributed by atoms with Crippen LogP contribution in [0.4, 0.5) is 0 Å². The molecular formula is C10H11Cl2N3. The minimum absolute atomic E-state index is 0.335. The Morgan fingerprint density at radius 2 is 1.87 bits per heavy atom. The molecule has 0 amide bonds. The van der Waals surface area contributed by atoms with Crippen molar-refractivity contribution in [3.63, 3.8) is 0 Å². The third-order valence-corrected chi connectivity index (χ3v) is 2.73. The minimum Gasteiger partial charge on any atom is -0.382 e. The van der Waals surface area contributed by atoms with Crippen molar-refractivity contribution in [2.75, 3.05) is 14.1 Å². The normalized spacial score (nSPS) is 13.1. The van der Waals surface area contributed by atoms with Gasteiger partial charge in [-0.2, -0.15) is 0 Å². The van der Waals surface area contributed by atoms with Gasteiger partial charge < -0.3 is 5.73 Å². The molecule has 0 aliphatic carbocycles. The summed E-state index contributed by atoms with van der Waals surface area (Å²) < 4.78 is 0. The van der Waals surface area contributed by atoms with Gasteiger partial charge in [0.1, 0.15) is 11.5 Å². The van der Waals surface area contributed by atoms with E-state index in [0.29, 0.717) is 27.2 Å². The molecule has 5 heteroatoms. The van der Waals surface area contributed by atoms with E-state index in [9.17, 15) is 0 Å². The van der Waals surface area contributed by atoms with Gasteiger partial charge in [0, 0.05) is 19.7 Å². The number of nitrogens with zero attached hydrogens (tertiary/aromatic N) is 2. The lowest BCUT2D eigenvalue weighted by molar-refractivity contribution is 1.39. The van der Waals surface area contributed by atoms with Crippen LogP contribution >= 0.6 is 23.2 Å². The van der Waals surface area contributed by atoms with Crippen LogP contribution in [0.2, 0.25) is 10.0 Å². The molecule has 0 unspecified atom stereocenters. The fraction of sp³-hybridized carbons (Fsp3) is 0.200. The Kier molecular flexibility index (Phi) is 4.12. The van der Waals surface area contributed by atoms with E-state index >= 15 is 0 Å². The Balaban J connectivity index is 3.32. The monoisotopic (exact) mass is 243 g/mol. The van der Waals surface area contributed by atoms with Crippen LogP contribution in [0.1, 0.15) is 5.56 Å². The molecule has 0 fully saturated rings. The molecule has 0 saturated carbocycles. The second-order valence-corrected chi connectivity index (χ2v) is 3.57. The zero-order valence-electron chi connectivity index (χ0n) is 8.46. The number of rotatable bonds is 2. The molecule has 0 aliphatic rings. The number of benzene rings is 1. The molecule has 0 heterocycles.